The summed E-state index contributed by atoms with van der Waals surface area (Å²) in [4.78, 5) is 0. The van der Waals surface area contributed by atoms with Gasteiger partial charge in [0.05, 0.1) is 0 Å². The molecule has 100 valence electrons. The van der Waals surface area contributed by atoms with E-state index in [1.54, 1.807) is 6.07 Å². The molecular formula is C15H15F2NO. The summed E-state index contributed by atoms with van der Waals surface area (Å²) >= 11 is 0. The first-order valence-electron chi connectivity index (χ1n) is 5.99. The Morgan fingerprint density at radius 3 is 2.58 bits per heavy atom. The molecule has 2 aromatic rings. The average Bonchev–Trinajstić information content (AvgIpc) is 2.38. The van der Waals surface area contributed by atoms with Gasteiger partial charge in [-0.05, 0) is 25.1 Å². The van der Waals surface area contributed by atoms with Crippen molar-refractivity contribution in [2.75, 3.05) is 0 Å². The van der Waals surface area contributed by atoms with Gasteiger partial charge in [0.25, 0.3) is 0 Å². The minimum Gasteiger partial charge on any atom is -0.488 e. The second-order valence-corrected chi connectivity index (χ2v) is 4.35. The molecule has 0 aliphatic rings. The van der Waals surface area contributed by atoms with Gasteiger partial charge in [-0.1, -0.05) is 18.2 Å². The zero-order valence-corrected chi connectivity index (χ0v) is 10.6. The molecule has 1 unspecified atom stereocenters. The summed E-state index contributed by atoms with van der Waals surface area (Å²) in [6.07, 6.45) is 0. The van der Waals surface area contributed by atoms with Crippen molar-refractivity contribution in [1.82, 2.24) is 0 Å². The predicted octanol–water partition coefficient (Wildman–Crippen LogP) is 3.56. The highest BCUT2D eigenvalue weighted by Gasteiger charge is 2.09. The van der Waals surface area contributed by atoms with Crippen molar-refractivity contribution in [3.63, 3.8) is 0 Å². The van der Waals surface area contributed by atoms with E-state index < -0.39 is 11.6 Å². The van der Waals surface area contributed by atoms with E-state index in [1.807, 2.05) is 25.1 Å². The first kappa shape index (κ1) is 13.5. The zero-order chi connectivity index (χ0) is 13.8. The molecule has 0 spiro atoms. The predicted molar refractivity (Wildman–Crippen MR) is 69.7 cm³/mol. The molecule has 2 rings (SSSR count). The fourth-order valence-corrected chi connectivity index (χ4v) is 1.78. The SMILES string of the molecule is CC(N)c1ccccc1OCc1ccc(F)cc1F. The Bertz CT molecular complexity index is 570. The fourth-order valence-electron chi connectivity index (χ4n) is 1.78. The van der Waals surface area contributed by atoms with Gasteiger partial charge in [0, 0.05) is 23.2 Å². The number of para-hydroxylation sites is 1. The van der Waals surface area contributed by atoms with E-state index in [0.717, 1.165) is 11.6 Å². The number of halogens is 2. The van der Waals surface area contributed by atoms with Crippen LogP contribution in [-0.2, 0) is 6.61 Å². The second kappa shape index (κ2) is 5.80. The lowest BCUT2D eigenvalue weighted by atomic mass is 10.1. The Morgan fingerprint density at radius 1 is 1.16 bits per heavy atom. The Kier molecular flexibility index (Phi) is 4.12. The van der Waals surface area contributed by atoms with Crippen LogP contribution in [0.5, 0.6) is 5.75 Å². The van der Waals surface area contributed by atoms with E-state index in [-0.39, 0.29) is 12.6 Å². The third-order valence-electron chi connectivity index (χ3n) is 2.81. The average molecular weight is 263 g/mol. The van der Waals surface area contributed by atoms with Crippen molar-refractivity contribution in [1.29, 1.82) is 0 Å². The summed E-state index contributed by atoms with van der Waals surface area (Å²) < 4.78 is 31.8. The molecule has 2 nitrogen and oxygen atoms in total. The Labute approximate surface area is 110 Å². The normalized spacial score (nSPS) is 12.2. The van der Waals surface area contributed by atoms with E-state index in [2.05, 4.69) is 0 Å². The molecule has 19 heavy (non-hydrogen) atoms. The molecule has 0 radical (unpaired) electrons. The highest BCUT2D eigenvalue weighted by molar-refractivity contribution is 5.35. The van der Waals surface area contributed by atoms with Crippen LogP contribution in [0.2, 0.25) is 0 Å². The molecule has 0 aliphatic carbocycles. The fraction of sp³-hybridized carbons (Fsp3) is 0.200. The van der Waals surface area contributed by atoms with Crippen molar-refractivity contribution < 1.29 is 13.5 Å². The first-order chi connectivity index (χ1) is 9.08. The van der Waals surface area contributed by atoms with Gasteiger partial charge in [-0.2, -0.15) is 0 Å². The molecule has 1 atom stereocenters. The monoisotopic (exact) mass is 263 g/mol. The molecule has 0 bridgehead atoms. The van der Waals surface area contributed by atoms with E-state index in [1.165, 1.54) is 12.1 Å². The smallest absolute Gasteiger partial charge is 0.132 e. The summed E-state index contributed by atoms with van der Waals surface area (Å²) in [7, 11) is 0. The number of nitrogens with two attached hydrogens (primary N) is 1. The molecule has 0 aromatic heterocycles. The summed E-state index contributed by atoms with van der Waals surface area (Å²) in [6, 6.07) is 10.6. The lowest BCUT2D eigenvalue weighted by Crippen LogP contribution is -2.08. The van der Waals surface area contributed by atoms with Gasteiger partial charge in [0.15, 0.2) is 0 Å². The Morgan fingerprint density at radius 2 is 1.89 bits per heavy atom. The van der Waals surface area contributed by atoms with Gasteiger partial charge < -0.3 is 10.5 Å². The van der Waals surface area contributed by atoms with Crippen molar-refractivity contribution >= 4 is 0 Å². The zero-order valence-electron chi connectivity index (χ0n) is 10.6. The Hall–Kier alpha value is -1.94. The summed E-state index contributed by atoms with van der Waals surface area (Å²) in [5.41, 5.74) is 6.99. The second-order valence-electron chi connectivity index (χ2n) is 4.35. The highest BCUT2D eigenvalue weighted by atomic mass is 19.1. The van der Waals surface area contributed by atoms with Crippen LogP contribution in [0.15, 0.2) is 42.5 Å². The number of hydrogen-bond acceptors (Lipinski definition) is 2. The van der Waals surface area contributed by atoms with E-state index in [0.29, 0.717) is 11.3 Å². The quantitative estimate of drug-likeness (QED) is 0.915. The minimum atomic E-state index is -0.613. The van der Waals surface area contributed by atoms with Crippen molar-refractivity contribution in [3.05, 3.63) is 65.2 Å². The van der Waals surface area contributed by atoms with Gasteiger partial charge in [0.2, 0.25) is 0 Å². The third-order valence-corrected chi connectivity index (χ3v) is 2.81. The van der Waals surface area contributed by atoms with Crippen LogP contribution in [0.1, 0.15) is 24.1 Å². The number of rotatable bonds is 4. The lowest BCUT2D eigenvalue weighted by Gasteiger charge is -2.14. The van der Waals surface area contributed by atoms with E-state index >= 15 is 0 Å². The highest BCUT2D eigenvalue weighted by Crippen LogP contribution is 2.24. The molecule has 0 amide bonds. The number of benzene rings is 2. The molecule has 0 saturated carbocycles. The third kappa shape index (κ3) is 3.29. The molecule has 0 aliphatic heterocycles. The van der Waals surface area contributed by atoms with Gasteiger partial charge in [-0.15, -0.1) is 0 Å². The summed E-state index contributed by atoms with van der Waals surface area (Å²) in [5.74, 6) is -0.600. The van der Waals surface area contributed by atoms with E-state index in [4.69, 9.17) is 10.5 Å². The van der Waals surface area contributed by atoms with Crippen LogP contribution in [0.4, 0.5) is 8.78 Å². The Balaban J connectivity index is 2.14. The first-order valence-corrected chi connectivity index (χ1v) is 5.99. The standard InChI is InChI=1S/C15H15F2NO/c1-10(18)13-4-2-3-5-15(13)19-9-11-6-7-12(16)8-14(11)17/h2-8,10H,9,18H2,1H3. The summed E-state index contributed by atoms with van der Waals surface area (Å²) in [6.45, 7) is 1.89. The van der Waals surface area contributed by atoms with Crippen LogP contribution in [0, 0.1) is 11.6 Å². The number of hydrogen-bond donors (Lipinski definition) is 1. The van der Waals surface area contributed by atoms with Gasteiger partial charge in [-0.25, -0.2) is 8.78 Å². The van der Waals surface area contributed by atoms with Crippen LogP contribution in [0.25, 0.3) is 0 Å². The molecule has 4 heteroatoms. The number of ether oxygens (including phenoxy) is 1. The van der Waals surface area contributed by atoms with Gasteiger partial charge in [-0.3, -0.25) is 0 Å². The molecular weight excluding hydrogens is 248 g/mol. The summed E-state index contributed by atoms with van der Waals surface area (Å²) in [5, 5.41) is 0. The van der Waals surface area contributed by atoms with E-state index in [9.17, 15) is 8.78 Å². The maximum Gasteiger partial charge on any atom is 0.132 e. The maximum atomic E-state index is 13.5. The largest absolute Gasteiger partial charge is 0.488 e. The van der Waals surface area contributed by atoms with Crippen LogP contribution in [-0.4, -0.2) is 0 Å². The molecule has 2 N–H and O–H groups in total. The van der Waals surface area contributed by atoms with Crippen LogP contribution >= 0.6 is 0 Å². The van der Waals surface area contributed by atoms with Crippen molar-refractivity contribution in [3.8, 4) is 5.75 Å². The molecule has 0 saturated heterocycles. The van der Waals surface area contributed by atoms with Crippen molar-refractivity contribution in [2.24, 2.45) is 5.73 Å². The van der Waals surface area contributed by atoms with Gasteiger partial charge >= 0.3 is 0 Å². The lowest BCUT2D eigenvalue weighted by molar-refractivity contribution is 0.295. The topological polar surface area (TPSA) is 35.2 Å². The molecule has 0 fully saturated rings. The van der Waals surface area contributed by atoms with Crippen LogP contribution in [0.3, 0.4) is 0 Å². The van der Waals surface area contributed by atoms with Crippen LogP contribution < -0.4 is 10.5 Å². The van der Waals surface area contributed by atoms with Crippen molar-refractivity contribution in [2.45, 2.75) is 19.6 Å². The minimum absolute atomic E-state index is 0.0375. The van der Waals surface area contributed by atoms with Gasteiger partial charge in [0.1, 0.15) is 24.0 Å². The maximum absolute atomic E-state index is 13.5. The molecule has 2 aromatic carbocycles. The molecule has 0 heterocycles.